The van der Waals surface area contributed by atoms with Crippen LogP contribution in [0.4, 0.5) is 11.4 Å². The summed E-state index contributed by atoms with van der Waals surface area (Å²) >= 11 is 0. The van der Waals surface area contributed by atoms with Crippen molar-refractivity contribution in [3.8, 4) is 5.69 Å². The third-order valence-electron chi connectivity index (χ3n) is 4.72. The molecule has 4 aromatic rings. The Hall–Kier alpha value is -4.27. The zero-order valence-corrected chi connectivity index (χ0v) is 16.8. The average molecular weight is 415 g/mol. The number of aromatic nitrogens is 5. The van der Waals surface area contributed by atoms with Crippen LogP contribution in [-0.4, -0.2) is 36.4 Å². The first-order valence-electron chi connectivity index (χ1n) is 9.72. The average Bonchev–Trinajstić information content (AvgIpc) is 3.49. The second-order valence-electron chi connectivity index (χ2n) is 6.96. The normalized spacial score (nSPS) is 11.6. The van der Waals surface area contributed by atoms with E-state index in [1.54, 1.807) is 42.1 Å². The van der Waals surface area contributed by atoms with Crippen molar-refractivity contribution in [1.29, 1.82) is 0 Å². The van der Waals surface area contributed by atoms with E-state index in [2.05, 4.69) is 25.8 Å². The Morgan fingerprint density at radius 2 is 1.68 bits per heavy atom. The van der Waals surface area contributed by atoms with E-state index in [0.717, 1.165) is 11.3 Å². The molecule has 2 heterocycles. The molecule has 2 aromatic heterocycles. The van der Waals surface area contributed by atoms with E-state index in [4.69, 9.17) is 0 Å². The molecular weight excluding hydrogens is 394 g/mol. The van der Waals surface area contributed by atoms with Crippen LogP contribution in [0.25, 0.3) is 5.69 Å². The molecular formula is C22H21N7O2. The number of benzene rings is 2. The molecule has 0 fully saturated rings. The van der Waals surface area contributed by atoms with E-state index in [1.165, 1.54) is 17.3 Å². The van der Waals surface area contributed by atoms with Crippen molar-refractivity contribution in [2.75, 3.05) is 10.6 Å². The van der Waals surface area contributed by atoms with E-state index < -0.39 is 6.04 Å². The van der Waals surface area contributed by atoms with Gasteiger partial charge < -0.3 is 10.6 Å². The van der Waals surface area contributed by atoms with Crippen molar-refractivity contribution in [1.82, 2.24) is 24.5 Å². The van der Waals surface area contributed by atoms with E-state index in [0.29, 0.717) is 11.4 Å². The topological polar surface area (TPSA) is 107 Å². The highest BCUT2D eigenvalue weighted by Crippen LogP contribution is 2.16. The summed E-state index contributed by atoms with van der Waals surface area (Å²) in [5.41, 5.74) is 3.12. The summed E-state index contributed by atoms with van der Waals surface area (Å²) < 4.78 is 3.24. The second-order valence-corrected chi connectivity index (χ2v) is 6.96. The first-order valence-corrected chi connectivity index (χ1v) is 9.72. The molecule has 1 atom stereocenters. The maximum absolute atomic E-state index is 12.4. The van der Waals surface area contributed by atoms with Crippen LogP contribution in [0.3, 0.4) is 0 Å². The predicted octanol–water partition coefficient (Wildman–Crippen LogP) is 2.84. The number of anilines is 2. The zero-order chi connectivity index (χ0) is 21.6. The highest BCUT2D eigenvalue weighted by Gasteiger charge is 2.15. The van der Waals surface area contributed by atoms with Gasteiger partial charge in [0.1, 0.15) is 18.7 Å². The van der Waals surface area contributed by atoms with Crippen LogP contribution in [0.2, 0.25) is 0 Å². The number of carbonyl (C=O) groups is 2. The Bertz CT molecular complexity index is 1140. The number of amides is 2. The molecule has 31 heavy (non-hydrogen) atoms. The SMILES string of the molecule is C[C@H](C(=O)Nc1ccc(NC(=O)Cc2ccc(-n3cccn3)cc2)cc1)n1cncn1. The minimum absolute atomic E-state index is 0.122. The summed E-state index contributed by atoms with van der Waals surface area (Å²) in [5, 5.41) is 13.8. The molecule has 2 aromatic carbocycles. The van der Waals surface area contributed by atoms with Crippen LogP contribution in [0, 0.1) is 0 Å². The molecule has 0 aliphatic rings. The largest absolute Gasteiger partial charge is 0.326 e. The Morgan fingerprint density at radius 1 is 0.968 bits per heavy atom. The second kappa shape index (κ2) is 9.04. The van der Waals surface area contributed by atoms with Crippen LogP contribution in [-0.2, 0) is 16.0 Å². The lowest BCUT2D eigenvalue weighted by molar-refractivity contribution is -0.119. The van der Waals surface area contributed by atoms with Crippen LogP contribution in [0.15, 0.2) is 79.6 Å². The van der Waals surface area contributed by atoms with Crippen molar-refractivity contribution in [2.45, 2.75) is 19.4 Å². The van der Waals surface area contributed by atoms with Crippen LogP contribution in [0.1, 0.15) is 18.5 Å². The van der Waals surface area contributed by atoms with Crippen molar-refractivity contribution in [3.05, 3.63) is 85.2 Å². The van der Waals surface area contributed by atoms with Gasteiger partial charge in [0, 0.05) is 23.8 Å². The number of nitrogens with zero attached hydrogens (tertiary/aromatic N) is 5. The highest BCUT2D eigenvalue weighted by atomic mass is 16.2. The molecule has 9 heteroatoms. The lowest BCUT2D eigenvalue weighted by atomic mass is 10.1. The van der Waals surface area contributed by atoms with Crippen LogP contribution < -0.4 is 10.6 Å². The molecule has 2 N–H and O–H groups in total. The molecule has 0 aliphatic heterocycles. The van der Waals surface area contributed by atoms with Gasteiger partial charge in [0.15, 0.2) is 0 Å². The molecule has 4 rings (SSSR count). The quantitative estimate of drug-likeness (QED) is 0.483. The third-order valence-corrected chi connectivity index (χ3v) is 4.72. The molecule has 0 radical (unpaired) electrons. The summed E-state index contributed by atoms with van der Waals surface area (Å²) in [6.45, 7) is 1.74. The van der Waals surface area contributed by atoms with Gasteiger partial charge >= 0.3 is 0 Å². The van der Waals surface area contributed by atoms with Gasteiger partial charge in [0.05, 0.1) is 12.1 Å². The van der Waals surface area contributed by atoms with Gasteiger partial charge in [-0.2, -0.15) is 10.2 Å². The highest BCUT2D eigenvalue weighted by molar-refractivity contribution is 5.95. The minimum Gasteiger partial charge on any atom is -0.326 e. The molecule has 9 nitrogen and oxygen atoms in total. The summed E-state index contributed by atoms with van der Waals surface area (Å²) in [6.07, 6.45) is 6.72. The molecule has 0 bridgehead atoms. The van der Waals surface area contributed by atoms with E-state index >= 15 is 0 Å². The predicted molar refractivity (Wildman–Crippen MR) is 116 cm³/mol. The molecule has 0 unspecified atom stereocenters. The monoisotopic (exact) mass is 415 g/mol. The van der Waals surface area contributed by atoms with E-state index in [1.807, 2.05) is 36.5 Å². The third kappa shape index (κ3) is 5.02. The van der Waals surface area contributed by atoms with Gasteiger partial charge in [-0.25, -0.2) is 14.3 Å². The standard InChI is InChI=1S/C22H21N7O2/c1-16(29-15-23-14-25-29)22(31)27-19-7-5-18(6-8-19)26-21(30)13-17-3-9-20(10-4-17)28-12-2-11-24-28/h2-12,14-16H,13H2,1H3,(H,26,30)(H,27,31)/t16-/m1/s1. The lowest BCUT2D eigenvalue weighted by Crippen LogP contribution is -2.24. The van der Waals surface area contributed by atoms with Crippen molar-refractivity contribution >= 4 is 23.2 Å². The first kappa shape index (κ1) is 20.0. The zero-order valence-electron chi connectivity index (χ0n) is 16.8. The molecule has 0 aliphatic carbocycles. The molecule has 156 valence electrons. The fraction of sp³-hybridized carbons (Fsp3) is 0.136. The number of hydrogen-bond acceptors (Lipinski definition) is 5. The molecule has 2 amide bonds. The van der Waals surface area contributed by atoms with Gasteiger partial charge in [-0.15, -0.1) is 0 Å². The molecule has 0 saturated carbocycles. The van der Waals surface area contributed by atoms with Gasteiger partial charge in [0.2, 0.25) is 11.8 Å². The number of carbonyl (C=O) groups excluding carboxylic acids is 2. The van der Waals surface area contributed by atoms with Crippen molar-refractivity contribution in [3.63, 3.8) is 0 Å². The lowest BCUT2D eigenvalue weighted by Gasteiger charge is -2.12. The van der Waals surface area contributed by atoms with Gasteiger partial charge in [0.25, 0.3) is 0 Å². The van der Waals surface area contributed by atoms with Crippen LogP contribution in [0.5, 0.6) is 0 Å². The summed E-state index contributed by atoms with van der Waals surface area (Å²) in [5.74, 6) is -0.329. The van der Waals surface area contributed by atoms with Gasteiger partial charge in [-0.1, -0.05) is 12.1 Å². The van der Waals surface area contributed by atoms with Gasteiger partial charge in [-0.05, 0) is 55.0 Å². The minimum atomic E-state index is -0.485. The number of hydrogen-bond donors (Lipinski definition) is 2. The maximum Gasteiger partial charge on any atom is 0.249 e. The molecule has 0 spiro atoms. The Labute approximate surface area is 178 Å². The fourth-order valence-corrected chi connectivity index (χ4v) is 3.00. The van der Waals surface area contributed by atoms with Crippen LogP contribution >= 0.6 is 0 Å². The first-order chi connectivity index (χ1) is 15.1. The smallest absolute Gasteiger partial charge is 0.249 e. The van der Waals surface area contributed by atoms with Crippen molar-refractivity contribution in [2.24, 2.45) is 0 Å². The fourth-order valence-electron chi connectivity index (χ4n) is 3.00. The van der Waals surface area contributed by atoms with Gasteiger partial charge in [-0.3, -0.25) is 9.59 Å². The summed E-state index contributed by atoms with van der Waals surface area (Å²) in [7, 11) is 0. The summed E-state index contributed by atoms with van der Waals surface area (Å²) in [4.78, 5) is 28.5. The van der Waals surface area contributed by atoms with E-state index in [-0.39, 0.29) is 18.2 Å². The number of rotatable bonds is 7. The Morgan fingerprint density at radius 3 is 2.29 bits per heavy atom. The number of nitrogens with one attached hydrogen (secondary N) is 2. The van der Waals surface area contributed by atoms with Crippen molar-refractivity contribution < 1.29 is 9.59 Å². The summed E-state index contributed by atoms with van der Waals surface area (Å²) in [6, 6.07) is 16.0. The van der Waals surface area contributed by atoms with E-state index in [9.17, 15) is 9.59 Å². The Balaban J connectivity index is 1.30. The maximum atomic E-state index is 12.4. The molecule has 0 saturated heterocycles. The Kier molecular flexibility index (Phi) is 5.84.